The summed E-state index contributed by atoms with van der Waals surface area (Å²) in [5.74, 6) is 1.08. The van der Waals surface area contributed by atoms with Gasteiger partial charge in [0.1, 0.15) is 5.82 Å². The highest BCUT2D eigenvalue weighted by Crippen LogP contribution is 2.46. The van der Waals surface area contributed by atoms with Crippen molar-refractivity contribution < 1.29 is 4.39 Å². The summed E-state index contributed by atoms with van der Waals surface area (Å²) >= 11 is 0. The summed E-state index contributed by atoms with van der Waals surface area (Å²) in [7, 11) is 2.02. The SMILES string of the molecule is CCCN1C[C@H]2Cc3c(c(-c4cccc(F)c4)nn3C)[C@H]2C1. The molecule has 1 saturated heterocycles. The van der Waals surface area contributed by atoms with Crippen LogP contribution in [-0.2, 0) is 13.5 Å². The van der Waals surface area contributed by atoms with Crippen LogP contribution in [0.3, 0.4) is 0 Å². The summed E-state index contributed by atoms with van der Waals surface area (Å²) in [5, 5.41) is 4.71. The highest BCUT2D eigenvalue weighted by molar-refractivity contribution is 5.66. The van der Waals surface area contributed by atoms with Gasteiger partial charge in [-0.05, 0) is 37.4 Å². The van der Waals surface area contributed by atoms with Crippen LogP contribution in [0, 0.1) is 11.7 Å². The third-order valence-electron chi connectivity index (χ3n) is 5.19. The van der Waals surface area contributed by atoms with Crippen molar-refractivity contribution in [2.45, 2.75) is 25.7 Å². The Morgan fingerprint density at radius 3 is 2.95 bits per heavy atom. The summed E-state index contributed by atoms with van der Waals surface area (Å²) in [6, 6.07) is 6.84. The summed E-state index contributed by atoms with van der Waals surface area (Å²) in [6.07, 6.45) is 2.31. The molecule has 2 aromatic rings. The van der Waals surface area contributed by atoms with Crippen LogP contribution in [0.1, 0.15) is 30.5 Å². The molecule has 0 saturated carbocycles. The molecule has 116 valence electrons. The monoisotopic (exact) mass is 299 g/mol. The molecule has 0 bridgehead atoms. The first-order chi connectivity index (χ1) is 10.7. The first-order valence-corrected chi connectivity index (χ1v) is 8.21. The number of aryl methyl sites for hydroxylation is 1. The molecule has 0 amide bonds. The van der Waals surface area contributed by atoms with Crippen molar-refractivity contribution in [3.63, 3.8) is 0 Å². The smallest absolute Gasteiger partial charge is 0.123 e. The van der Waals surface area contributed by atoms with Gasteiger partial charge in [-0.1, -0.05) is 19.1 Å². The fraction of sp³-hybridized carbons (Fsp3) is 0.500. The van der Waals surface area contributed by atoms with E-state index in [-0.39, 0.29) is 5.82 Å². The summed E-state index contributed by atoms with van der Waals surface area (Å²) in [6.45, 7) is 5.73. The zero-order chi connectivity index (χ0) is 15.3. The van der Waals surface area contributed by atoms with E-state index < -0.39 is 0 Å². The van der Waals surface area contributed by atoms with Gasteiger partial charge in [0.05, 0.1) is 5.69 Å². The average Bonchev–Trinajstić information content (AvgIpc) is 3.10. The van der Waals surface area contributed by atoms with Crippen molar-refractivity contribution in [1.82, 2.24) is 14.7 Å². The number of rotatable bonds is 3. The number of nitrogens with zero attached hydrogens (tertiary/aromatic N) is 3. The second-order valence-corrected chi connectivity index (χ2v) is 6.67. The van der Waals surface area contributed by atoms with Crippen LogP contribution in [0.4, 0.5) is 4.39 Å². The van der Waals surface area contributed by atoms with Gasteiger partial charge in [0.15, 0.2) is 0 Å². The Kier molecular flexibility index (Phi) is 3.30. The van der Waals surface area contributed by atoms with Gasteiger partial charge >= 0.3 is 0 Å². The lowest BCUT2D eigenvalue weighted by Gasteiger charge is -2.15. The van der Waals surface area contributed by atoms with Gasteiger partial charge in [-0.3, -0.25) is 4.68 Å². The van der Waals surface area contributed by atoms with Crippen molar-refractivity contribution in [2.75, 3.05) is 19.6 Å². The zero-order valence-corrected chi connectivity index (χ0v) is 13.2. The number of fused-ring (bicyclic) bond motifs is 3. The third-order valence-corrected chi connectivity index (χ3v) is 5.19. The molecule has 4 rings (SSSR count). The van der Waals surface area contributed by atoms with Gasteiger partial charge < -0.3 is 4.90 Å². The van der Waals surface area contributed by atoms with Crippen LogP contribution in [0.2, 0.25) is 0 Å². The topological polar surface area (TPSA) is 21.1 Å². The molecule has 3 nitrogen and oxygen atoms in total. The third kappa shape index (κ3) is 2.09. The van der Waals surface area contributed by atoms with Crippen LogP contribution in [0.15, 0.2) is 24.3 Å². The molecule has 1 aromatic carbocycles. The molecular weight excluding hydrogens is 277 g/mol. The Hall–Kier alpha value is -1.68. The van der Waals surface area contributed by atoms with Crippen molar-refractivity contribution in [3.8, 4) is 11.3 Å². The van der Waals surface area contributed by atoms with Crippen molar-refractivity contribution in [2.24, 2.45) is 13.0 Å². The highest BCUT2D eigenvalue weighted by atomic mass is 19.1. The Bertz CT molecular complexity index is 706. The average molecular weight is 299 g/mol. The van der Waals surface area contributed by atoms with E-state index in [0.29, 0.717) is 11.8 Å². The first-order valence-electron chi connectivity index (χ1n) is 8.21. The van der Waals surface area contributed by atoms with Crippen LogP contribution >= 0.6 is 0 Å². The van der Waals surface area contributed by atoms with Gasteiger partial charge in [-0.25, -0.2) is 4.39 Å². The summed E-state index contributed by atoms with van der Waals surface area (Å²) in [5.41, 5.74) is 4.62. The van der Waals surface area contributed by atoms with Crippen LogP contribution in [0.5, 0.6) is 0 Å². The predicted molar refractivity (Wildman–Crippen MR) is 85.3 cm³/mol. The Balaban J connectivity index is 1.74. The molecule has 0 spiro atoms. The van der Waals surface area contributed by atoms with Crippen LogP contribution < -0.4 is 0 Å². The lowest BCUT2D eigenvalue weighted by molar-refractivity contribution is 0.321. The fourth-order valence-corrected chi connectivity index (χ4v) is 4.30. The van der Waals surface area contributed by atoms with Gasteiger partial charge in [0, 0.05) is 42.9 Å². The minimum absolute atomic E-state index is 0.189. The number of aromatic nitrogens is 2. The van der Waals surface area contributed by atoms with E-state index in [9.17, 15) is 4.39 Å². The van der Waals surface area contributed by atoms with Crippen molar-refractivity contribution >= 4 is 0 Å². The van der Waals surface area contributed by atoms with E-state index in [4.69, 9.17) is 5.10 Å². The molecule has 22 heavy (non-hydrogen) atoms. The normalized spacial score (nSPS) is 23.8. The molecule has 1 aromatic heterocycles. The fourth-order valence-electron chi connectivity index (χ4n) is 4.30. The van der Waals surface area contributed by atoms with Gasteiger partial charge in [0.2, 0.25) is 0 Å². The molecule has 1 aliphatic carbocycles. The highest BCUT2D eigenvalue weighted by Gasteiger charge is 2.43. The molecular formula is C18H22FN3. The van der Waals surface area contributed by atoms with Gasteiger partial charge in [-0.2, -0.15) is 5.10 Å². The van der Waals surface area contributed by atoms with Crippen molar-refractivity contribution in [3.05, 3.63) is 41.3 Å². The molecule has 0 radical (unpaired) electrons. The maximum absolute atomic E-state index is 13.6. The van der Waals surface area contributed by atoms with E-state index in [1.54, 1.807) is 12.1 Å². The molecule has 4 heteroatoms. The van der Waals surface area contributed by atoms with E-state index in [1.807, 2.05) is 17.8 Å². The second-order valence-electron chi connectivity index (χ2n) is 6.67. The lowest BCUT2D eigenvalue weighted by Crippen LogP contribution is -2.22. The maximum atomic E-state index is 13.6. The second kappa shape index (κ2) is 5.20. The molecule has 0 unspecified atom stereocenters. The molecule has 2 atom stereocenters. The van der Waals surface area contributed by atoms with Gasteiger partial charge in [0.25, 0.3) is 0 Å². The molecule has 1 fully saturated rings. The Labute approximate surface area is 130 Å². The quantitative estimate of drug-likeness (QED) is 0.868. The number of likely N-dealkylation sites (tertiary alicyclic amines) is 1. The molecule has 2 heterocycles. The van der Waals surface area contributed by atoms with Gasteiger partial charge in [-0.15, -0.1) is 0 Å². The largest absolute Gasteiger partial charge is 0.302 e. The summed E-state index contributed by atoms with van der Waals surface area (Å²) < 4.78 is 15.6. The number of hydrogen-bond acceptors (Lipinski definition) is 2. The van der Waals surface area contributed by atoms with E-state index in [2.05, 4.69) is 11.8 Å². The van der Waals surface area contributed by atoms with Crippen LogP contribution in [0.25, 0.3) is 11.3 Å². The minimum atomic E-state index is -0.189. The van der Waals surface area contributed by atoms with E-state index in [1.165, 1.54) is 36.8 Å². The number of benzene rings is 1. The lowest BCUT2D eigenvalue weighted by atomic mass is 9.94. The van der Waals surface area contributed by atoms with Crippen LogP contribution in [-0.4, -0.2) is 34.3 Å². The number of hydrogen-bond donors (Lipinski definition) is 0. The Morgan fingerprint density at radius 1 is 1.32 bits per heavy atom. The molecule has 1 aliphatic heterocycles. The standard InChI is InChI=1S/C18H22FN3/c1-3-7-22-10-13-9-16-17(15(13)11-22)18(20-21(16)2)12-5-4-6-14(19)8-12/h4-6,8,13,15H,3,7,9-11H2,1-2H3/t13-,15+/m1/s1. The molecule has 2 aliphatic rings. The van der Waals surface area contributed by atoms with Crippen molar-refractivity contribution in [1.29, 1.82) is 0 Å². The minimum Gasteiger partial charge on any atom is -0.302 e. The van der Waals surface area contributed by atoms with E-state index in [0.717, 1.165) is 24.2 Å². The first kappa shape index (κ1) is 13.9. The Morgan fingerprint density at radius 2 is 2.18 bits per heavy atom. The maximum Gasteiger partial charge on any atom is 0.123 e. The number of halogens is 1. The predicted octanol–water partition coefficient (Wildman–Crippen LogP) is 3.21. The molecule has 0 N–H and O–H groups in total. The zero-order valence-electron chi connectivity index (χ0n) is 13.2. The van der Waals surface area contributed by atoms with E-state index >= 15 is 0 Å². The summed E-state index contributed by atoms with van der Waals surface area (Å²) in [4.78, 5) is 2.57.